The molecule has 0 aromatic rings. The summed E-state index contributed by atoms with van der Waals surface area (Å²) in [6.45, 7) is 6.08. The lowest BCUT2D eigenvalue weighted by Gasteiger charge is -2.32. The van der Waals surface area contributed by atoms with E-state index in [0.29, 0.717) is 0 Å². The van der Waals surface area contributed by atoms with Crippen molar-refractivity contribution >= 4 is 7.12 Å². The maximum atomic E-state index is 12.9. The molecule has 22 heavy (non-hydrogen) atoms. The molecule has 0 aromatic carbocycles. The van der Waals surface area contributed by atoms with Gasteiger partial charge in [-0.05, 0) is 27.7 Å². The second-order valence-corrected chi connectivity index (χ2v) is 6.05. The number of allylic oxidation sites excluding steroid dienone is 1. The van der Waals surface area contributed by atoms with Gasteiger partial charge in [-0.2, -0.15) is 36.6 Å². The zero-order chi connectivity index (χ0) is 17.1. The van der Waals surface area contributed by atoms with E-state index >= 15 is 0 Å². The fourth-order valence-electron chi connectivity index (χ4n) is 2.04. The second-order valence-electron chi connectivity index (χ2n) is 6.05. The lowest BCUT2D eigenvalue weighted by atomic mass is 9.72. The summed E-state index contributed by atoms with van der Waals surface area (Å²) < 4.78 is 88.2. The van der Waals surface area contributed by atoms with E-state index in [1.807, 2.05) is 0 Å². The zero-order valence-corrected chi connectivity index (χ0v) is 12.1. The third kappa shape index (κ3) is 2.75. The van der Waals surface area contributed by atoms with E-state index in [1.54, 1.807) is 0 Å². The predicted molar refractivity (Wildman–Crippen MR) is 63.9 cm³/mol. The first-order valence-corrected chi connectivity index (χ1v) is 6.31. The fraction of sp³-hybridized carbons (Fsp3) is 0.818. The minimum absolute atomic E-state index is 1.08. The summed E-state index contributed by atoms with van der Waals surface area (Å²) in [6, 6.07) is -2.72. The van der Waals surface area contributed by atoms with Crippen molar-refractivity contribution in [3.05, 3.63) is 11.2 Å². The Hall–Kier alpha value is -1.10. The molecule has 4 nitrogen and oxygen atoms in total. The van der Waals surface area contributed by atoms with Gasteiger partial charge in [-0.25, -0.2) is 0 Å². The fourth-order valence-corrected chi connectivity index (χ4v) is 2.04. The van der Waals surface area contributed by atoms with Gasteiger partial charge in [0.2, 0.25) is 0 Å². The first kappa shape index (κ1) is 17.3. The summed E-state index contributed by atoms with van der Waals surface area (Å²) in [5.74, 6) is 0. The molecule has 1 saturated heterocycles. The van der Waals surface area contributed by atoms with E-state index in [4.69, 9.17) is 9.31 Å². The largest absolute Gasteiger partial charge is 0.495 e. The van der Waals surface area contributed by atoms with E-state index in [2.05, 4.69) is 10.2 Å². The Morgan fingerprint density at radius 2 is 1.41 bits per heavy atom. The minimum atomic E-state index is -5.08. The molecule has 0 aromatic heterocycles. The molecular formula is C11H13BF6N2O2. The quantitative estimate of drug-likeness (QED) is 0.542. The molecule has 1 fully saturated rings. The molecule has 2 aliphatic heterocycles. The molecule has 0 radical (unpaired) electrons. The molecule has 1 atom stereocenters. The highest BCUT2D eigenvalue weighted by molar-refractivity contribution is 6.55. The second kappa shape index (κ2) is 4.70. The molecule has 2 aliphatic rings. The van der Waals surface area contributed by atoms with Crippen LogP contribution in [0.15, 0.2) is 21.4 Å². The maximum Gasteiger partial charge on any atom is 0.495 e. The number of rotatable bonds is 1. The van der Waals surface area contributed by atoms with Crippen molar-refractivity contribution < 1.29 is 35.7 Å². The lowest BCUT2D eigenvalue weighted by Crippen LogP contribution is -2.41. The van der Waals surface area contributed by atoms with Gasteiger partial charge in [0.25, 0.3) is 0 Å². The van der Waals surface area contributed by atoms with Crippen LogP contribution in [0.1, 0.15) is 27.7 Å². The first-order valence-electron chi connectivity index (χ1n) is 6.31. The van der Waals surface area contributed by atoms with Gasteiger partial charge >= 0.3 is 19.5 Å². The molecule has 0 N–H and O–H groups in total. The van der Waals surface area contributed by atoms with Crippen LogP contribution in [0.25, 0.3) is 0 Å². The number of nitrogens with zero attached hydrogens (tertiary/aromatic N) is 2. The molecule has 0 unspecified atom stereocenters. The Kier molecular flexibility index (Phi) is 3.69. The predicted octanol–water partition coefficient (Wildman–Crippen LogP) is 3.83. The van der Waals surface area contributed by atoms with Crippen molar-refractivity contribution in [2.45, 2.75) is 57.3 Å². The minimum Gasteiger partial charge on any atom is -0.399 e. The molecule has 0 spiro atoms. The average molecular weight is 330 g/mol. The SMILES string of the molecule is CC1(C)OB(C2=C(C(F)(F)F)N=N[C@H]2C(F)(F)F)OC1(C)C. The summed E-state index contributed by atoms with van der Waals surface area (Å²) in [6.07, 6.45) is -10.1. The summed E-state index contributed by atoms with van der Waals surface area (Å²) in [5, 5.41) is 5.40. The molecule has 0 saturated carbocycles. The monoisotopic (exact) mass is 330 g/mol. The van der Waals surface area contributed by atoms with Gasteiger partial charge in [-0.1, -0.05) is 0 Å². The van der Waals surface area contributed by atoms with Crippen LogP contribution in [0.4, 0.5) is 26.3 Å². The van der Waals surface area contributed by atoms with Gasteiger partial charge in [-0.15, -0.1) is 0 Å². The van der Waals surface area contributed by atoms with Crippen LogP contribution in [0.3, 0.4) is 0 Å². The Labute approximate surface area is 122 Å². The van der Waals surface area contributed by atoms with Crippen molar-refractivity contribution in [1.82, 2.24) is 0 Å². The molecule has 0 bridgehead atoms. The molecular weight excluding hydrogens is 317 g/mol. The number of hydrogen-bond donors (Lipinski definition) is 0. The van der Waals surface area contributed by atoms with Gasteiger partial charge in [0.1, 0.15) is 0 Å². The van der Waals surface area contributed by atoms with E-state index in [-0.39, 0.29) is 0 Å². The van der Waals surface area contributed by atoms with Gasteiger partial charge in [0.05, 0.1) is 11.2 Å². The standard InChI is InChI=1S/C11H13BF6N2O2/c1-8(2)9(3,4)22-12(21-8)5-6(10(13,14)15)19-20-7(5)11(16,17)18/h6H,1-4H3/t6-/m1/s1. The van der Waals surface area contributed by atoms with Crippen LogP contribution in [0.5, 0.6) is 0 Å². The van der Waals surface area contributed by atoms with E-state index in [9.17, 15) is 26.3 Å². The van der Waals surface area contributed by atoms with Crippen LogP contribution >= 0.6 is 0 Å². The molecule has 124 valence electrons. The summed E-state index contributed by atoms with van der Waals surface area (Å²) in [5.41, 5.74) is -5.03. The van der Waals surface area contributed by atoms with Crippen molar-refractivity contribution in [1.29, 1.82) is 0 Å². The normalized spacial score (nSPS) is 27.9. The highest BCUT2D eigenvalue weighted by Gasteiger charge is 2.61. The van der Waals surface area contributed by atoms with Crippen LogP contribution < -0.4 is 0 Å². The van der Waals surface area contributed by atoms with Crippen molar-refractivity contribution in [2.24, 2.45) is 10.2 Å². The van der Waals surface area contributed by atoms with Gasteiger partial charge in [-0.3, -0.25) is 0 Å². The summed E-state index contributed by atoms with van der Waals surface area (Å²) in [7, 11) is -1.82. The number of azo groups is 1. The van der Waals surface area contributed by atoms with Crippen LogP contribution in [0.2, 0.25) is 0 Å². The van der Waals surface area contributed by atoms with Crippen LogP contribution in [-0.2, 0) is 9.31 Å². The molecule has 0 aliphatic carbocycles. The van der Waals surface area contributed by atoms with Gasteiger partial charge in [0.15, 0.2) is 11.7 Å². The Morgan fingerprint density at radius 3 is 1.77 bits per heavy atom. The van der Waals surface area contributed by atoms with E-state index < -0.39 is 47.9 Å². The van der Waals surface area contributed by atoms with Gasteiger partial charge < -0.3 is 9.31 Å². The number of hydrogen-bond acceptors (Lipinski definition) is 4. The van der Waals surface area contributed by atoms with Crippen molar-refractivity contribution in [3.8, 4) is 0 Å². The number of alkyl halides is 6. The highest BCUT2D eigenvalue weighted by atomic mass is 19.4. The van der Waals surface area contributed by atoms with E-state index in [1.165, 1.54) is 27.7 Å². The smallest absolute Gasteiger partial charge is 0.399 e. The summed E-state index contributed by atoms with van der Waals surface area (Å²) in [4.78, 5) is 0. The Bertz CT molecular complexity index is 522. The molecule has 11 heteroatoms. The Morgan fingerprint density at radius 1 is 0.955 bits per heavy atom. The molecule has 2 rings (SSSR count). The van der Waals surface area contributed by atoms with Crippen LogP contribution in [0, 0.1) is 0 Å². The van der Waals surface area contributed by atoms with Crippen LogP contribution in [-0.4, -0.2) is 36.7 Å². The van der Waals surface area contributed by atoms with Gasteiger partial charge in [0, 0.05) is 5.47 Å². The first-order chi connectivity index (χ1) is 9.67. The summed E-state index contributed by atoms with van der Waals surface area (Å²) >= 11 is 0. The lowest BCUT2D eigenvalue weighted by molar-refractivity contribution is -0.138. The van der Waals surface area contributed by atoms with E-state index in [0.717, 1.165) is 0 Å². The molecule has 2 heterocycles. The topological polar surface area (TPSA) is 43.2 Å². The average Bonchev–Trinajstić information content (AvgIpc) is 2.76. The maximum absolute atomic E-state index is 12.9. The Balaban J connectivity index is 2.49. The zero-order valence-electron chi connectivity index (χ0n) is 12.1. The van der Waals surface area contributed by atoms with Crippen molar-refractivity contribution in [3.63, 3.8) is 0 Å². The third-order valence-electron chi connectivity index (χ3n) is 3.93. The van der Waals surface area contributed by atoms with Crippen molar-refractivity contribution in [2.75, 3.05) is 0 Å². The number of halogens is 6. The highest BCUT2D eigenvalue weighted by Crippen LogP contribution is 2.47. The third-order valence-corrected chi connectivity index (χ3v) is 3.93. The molecule has 0 amide bonds.